The van der Waals surface area contributed by atoms with E-state index in [1.807, 2.05) is 36.4 Å². The monoisotopic (exact) mass is 388 g/mol. The molecule has 0 bridgehead atoms. The predicted octanol–water partition coefficient (Wildman–Crippen LogP) is 0.952. The smallest absolute Gasteiger partial charge is 0.253 e. The molecule has 2 atom stereocenters. The Morgan fingerprint density at radius 2 is 1.79 bits per heavy atom. The van der Waals surface area contributed by atoms with Crippen molar-refractivity contribution in [2.45, 2.75) is 18.5 Å². The number of nitriles is 1. The molecule has 2 aliphatic rings. The lowest BCUT2D eigenvalue weighted by Crippen LogP contribution is -2.70. The van der Waals surface area contributed by atoms with Gasteiger partial charge >= 0.3 is 0 Å². The second-order valence-electron chi connectivity index (χ2n) is 7.24. The summed E-state index contributed by atoms with van der Waals surface area (Å²) < 4.78 is 0. The molecule has 0 radical (unpaired) electrons. The van der Waals surface area contributed by atoms with Crippen molar-refractivity contribution >= 4 is 17.7 Å². The summed E-state index contributed by atoms with van der Waals surface area (Å²) in [6.07, 6.45) is 0.447. The molecule has 146 valence electrons. The van der Waals surface area contributed by atoms with Crippen molar-refractivity contribution in [1.82, 2.24) is 15.1 Å². The fraction of sp³-hybridized carbons (Fsp3) is 0.273. The molecule has 7 heteroatoms. The molecule has 0 aliphatic carbocycles. The van der Waals surface area contributed by atoms with Crippen molar-refractivity contribution in [3.05, 3.63) is 71.3 Å². The van der Waals surface area contributed by atoms with Crippen molar-refractivity contribution in [2.24, 2.45) is 0 Å². The molecular formula is C22H20N4O3. The third kappa shape index (κ3) is 3.69. The van der Waals surface area contributed by atoms with Gasteiger partial charge in [0.2, 0.25) is 11.8 Å². The second kappa shape index (κ2) is 7.76. The molecule has 2 fully saturated rings. The molecule has 29 heavy (non-hydrogen) atoms. The number of hydrogen-bond donors (Lipinski definition) is 1. The summed E-state index contributed by atoms with van der Waals surface area (Å²) in [6.45, 7) is 0.852. The quantitative estimate of drug-likeness (QED) is 0.847. The van der Waals surface area contributed by atoms with E-state index in [0.29, 0.717) is 30.6 Å². The van der Waals surface area contributed by atoms with E-state index in [1.165, 1.54) is 0 Å². The van der Waals surface area contributed by atoms with E-state index < -0.39 is 12.1 Å². The molecule has 0 spiro atoms. The standard InChI is InChI=1S/C22H20N4O3/c23-13-16-6-8-17(9-7-16)21(28)25-10-11-26-19(14-25)20(27)24-18(22(26)29)12-15-4-2-1-3-5-15/h1-9,18-19H,10-12,14H2,(H,24,27). The highest BCUT2D eigenvalue weighted by Crippen LogP contribution is 2.20. The van der Waals surface area contributed by atoms with E-state index in [-0.39, 0.29) is 24.3 Å². The van der Waals surface area contributed by atoms with Crippen molar-refractivity contribution < 1.29 is 14.4 Å². The minimum atomic E-state index is -0.675. The van der Waals surface area contributed by atoms with Crippen LogP contribution in [0.1, 0.15) is 21.5 Å². The molecule has 4 rings (SSSR count). The summed E-state index contributed by atoms with van der Waals surface area (Å²) in [6, 6.07) is 16.7. The number of benzene rings is 2. The van der Waals surface area contributed by atoms with Gasteiger partial charge in [-0.2, -0.15) is 5.26 Å². The zero-order chi connectivity index (χ0) is 20.4. The van der Waals surface area contributed by atoms with Crippen LogP contribution in [0.3, 0.4) is 0 Å². The first kappa shape index (κ1) is 18.7. The Hall–Kier alpha value is -3.66. The zero-order valence-corrected chi connectivity index (χ0v) is 15.7. The third-order valence-electron chi connectivity index (χ3n) is 5.41. The lowest BCUT2D eigenvalue weighted by atomic mass is 9.98. The van der Waals surface area contributed by atoms with E-state index >= 15 is 0 Å². The van der Waals surface area contributed by atoms with Crippen LogP contribution in [0.25, 0.3) is 0 Å². The summed E-state index contributed by atoms with van der Waals surface area (Å²) >= 11 is 0. The maximum absolute atomic E-state index is 12.9. The number of rotatable bonds is 3. The van der Waals surface area contributed by atoms with Gasteiger partial charge in [-0.15, -0.1) is 0 Å². The first-order valence-corrected chi connectivity index (χ1v) is 9.51. The van der Waals surface area contributed by atoms with Gasteiger partial charge in [0.1, 0.15) is 12.1 Å². The van der Waals surface area contributed by atoms with Gasteiger partial charge in [0.25, 0.3) is 5.91 Å². The van der Waals surface area contributed by atoms with Gasteiger partial charge in [0.15, 0.2) is 0 Å². The normalized spacial score (nSPS) is 21.2. The fourth-order valence-corrected chi connectivity index (χ4v) is 3.84. The number of nitrogens with one attached hydrogen (secondary N) is 1. The number of piperazine rings is 2. The number of hydrogen-bond acceptors (Lipinski definition) is 4. The van der Waals surface area contributed by atoms with Gasteiger partial charge in [0.05, 0.1) is 18.2 Å². The van der Waals surface area contributed by atoms with Crippen molar-refractivity contribution in [3.63, 3.8) is 0 Å². The van der Waals surface area contributed by atoms with Crippen LogP contribution in [0.4, 0.5) is 0 Å². The molecule has 7 nitrogen and oxygen atoms in total. The molecule has 2 aromatic carbocycles. The van der Waals surface area contributed by atoms with Gasteiger partial charge in [-0.05, 0) is 29.8 Å². The maximum atomic E-state index is 12.9. The van der Waals surface area contributed by atoms with Crippen LogP contribution in [0.2, 0.25) is 0 Å². The summed E-state index contributed by atoms with van der Waals surface area (Å²) in [5.74, 6) is -0.549. The summed E-state index contributed by atoms with van der Waals surface area (Å²) in [5, 5.41) is 11.7. The predicted molar refractivity (Wildman–Crippen MR) is 105 cm³/mol. The minimum absolute atomic E-state index is 0.107. The highest BCUT2D eigenvalue weighted by atomic mass is 16.2. The van der Waals surface area contributed by atoms with Crippen LogP contribution >= 0.6 is 0 Å². The van der Waals surface area contributed by atoms with E-state index in [0.717, 1.165) is 5.56 Å². The van der Waals surface area contributed by atoms with E-state index in [4.69, 9.17) is 5.26 Å². The molecule has 2 aromatic rings. The molecule has 3 amide bonds. The Morgan fingerprint density at radius 1 is 1.07 bits per heavy atom. The third-order valence-corrected chi connectivity index (χ3v) is 5.41. The number of carbonyl (C=O) groups is 3. The Labute approximate surface area is 168 Å². The largest absolute Gasteiger partial charge is 0.342 e. The van der Waals surface area contributed by atoms with Crippen LogP contribution in [-0.2, 0) is 16.0 Å². The Balaban J connectivity index is 1.45. The molecule has 0 saturated carbocycles. The van der Waals surface area contributed by atoms with Crippen LogP contribution < -0.4 is 5.32 Å². The average Bonchev–Trinajstić information content (AvgIpc) is 2.77. The van der Waals surface area contributed by atoms with Crippen LogP contribution in [0.15, 0.2) is 54.6 Å². The van der Waals surface area contributed by atoms with Gasteiger partial charge in [-0.1, -0.05) is 30.3 Å². The SMILES string of the molecule is N#Cc1ccc(C(=O)N2CCN3C(=O)C(Cc4ccccc4)NC(=O)C3C2)cc1. The van der Waals surface area contributed by atoms with Crippen LogP contribution in [0, 0.1) is 11.3 Å². The van der Waals surface area contributed by atoms with Gasteiger partial charge < -0.3 is 15.1 Å². The molecule has 2 saturated heterocycles. The van der Waals surface area contributed by atoms with E-state index in [9.17, 15) is 14.4 Å². The zero-order valence-electron chi connectivity index (χ0n) is 15.7. The van der Waals surface area contributed by atoms with Crippen LogP contribution in [-0.4, -0.2) is 59.2 Å². The van der Waals surface area contributed by atoms with E-state index in [1.54, 1.807) is 34.1 Å². The highest BCUT2D eigenvalue weighted by Gasteiger charge is 2.44. The summed E-state index contributed by atoms with van der Waals surface area (Å²) in [5.41, 5.74) is 1.93. The van der Waals surface area contributed by atoms with Crippen molar-refractivity contribution in [1.29, 1.82) is 5.26 Å². The maximum Gasteiger partial charge on any atom is 0.253 e. The van der Waals surface area contributed by atoms with Gasteiger partial charge in [0, 0.05) is 25.1 Å². The molecule has 2 aliphatic heterocycles. The molecule has 0 aromatic heterocycles. The lowest BCUT2D eigenvalue weighted by molar-refractivity contribution is -0.152. The Morgan fingerprint density at radius 3 is 2.48 bits per heavy atom. The number of carbonyl (C=O) groups excluding carboxylic acids is 3. The number of nitrogens with zero attached hydrogens (tertiary/aromatic N) is 3. The fourth-order valence-electron chi connectivity index (χ4n) is 3.84. The topological polar surface area (TPSA) is 93.5 Å². The van der Waals surface area contributed by atoms with Gasteiger partial charge in [-0.25, -0.2) is 0 Å². The molecule has 2 heterocycles. The van der Waals surface area contributed by atoms with Crippen molar-refractivity contribution in [3.8, 4) is 6.07 Å². The van der Waals surface area contributed by atoms with Crippen molar-refractivity contribution in [2.75, 3.05) is 19.6 Å². The van der Waals surface area contributed by atoms with Crippen LogP contribution in [0.5, 0.6) is 0 Å². The van der Waals surface area contributed by atoms with Gasteiger partial charge in [-0.3, -0.25) is 14.4 Å². The Kier molecular flexibility index (Phi) is 5.00. The number of fused-ring (bicyclic) bond motifs is 1. The highest BCUT2D eigenvalue weighted by molar-refractivity contribution is 5.99. The number of amides is 3. The van der Waals surface area contributed by atoms with E-state index in [2.05, 4.69) is 5.32 Å². The first-order chi connectivity index (χ1) is 14.1. The summed E-state index contributed by atoms with van der Waals surface area (Å²) in [7, 11) is 0. The lowest BCUT2D eigenvalue weighted by Gasteiger charge is -2.45. The molecular weight excluding hydrogens is 368 g/mol. The molecule has 2 unspecified atom stereocenters. The average molecular weight is 388 g/mol. The summed E-state index contributed by atoms with van der Waals surface area (Å²) in [4.78, 5) is 41.5. The molecule has 1 N–H and O–H groups in total. The second-order valence-corrected chi connectivity index (χ2v) is 7.24. The first-order valence-electron chi connectivity index (χ1n) is 9.51. The minimum Gasteiger partial charge on any atom is -0.342 e. The Bertz CT molecular complexity index is 981.